The van der Waals surface area contributed by atoms with Gasteiger partial charge in [-0.1, -0.05) is 54.7 Å². The molecule has 2 nitrogen and oxygen atoms in total. The van der Waals surface area contributed by atoms with Gasteiger partial charge in [0.1, 0.15) is 4.64 Å². The topological polar surface area (TPSA) is 17.8 Å². The fourth-order valence-electron chi connectivity index (χ4n) is 2.43. The van der Waals surface area contributed by atoms with E-state index in [1.54, 1.807) is 6.20 Å². The Bertz CT molecular complexity index is 763. The Morgan fingerprint density at radius 2 is 1.70 bits per heavy atom. The van der Waals surface area contributed by atoms with Gasteiger partial charge in [0.05, 0.1) is 17.2 Å². The largest absolute Gasteiger partial charge is 0.330 e. The number of rotatable bonds is 4. The molecule has 0 fully saturated rings. The minimum atomic E-state index is 0.803. The van der Waals surface area contributed by atoms with E-state index in [0.717, 1.165) is 35.1 Å². The summed E-state index contributed by atoms with van der Waals surface area (Å²) in [5.74, 6) is 0. The van der Waals surface area contributed by atoms with Gasteiger partial charge in [-0.05, 0) is 30.5 Å². The van der Waals surface area contributed by atoms with Crippen LogP contribution in [-0.4, -0.2) is 9.55 Å². The summed E-state index contributed by atoms with van der Waals surface area (Å²) in [6.07, 6.45) is 3.92. The number of hydrogen-bond donors (Lipinski definition) is 0. The summed E-state index contributed by atoms with van der Waals surface area (Å²) in [4.78, 5) is 4.38. The van der Waals surface area contributed by atoms with Crippen LogP contribution in [0.5, 0.6) is 0 Å². The first-order valence-electron chi connectivity index (χ1n) is 6.83. The van der Waals surface area contributed by atoms with Crippen molar-refractivity contribution in [3.8, 4) is 0 Å². The standard InChI is InChI=1S/C17H16N2S/c20-17-13-18-15-10-4-5-11-16(15)19(17)12-6-9-14-7-2-1-3-8-14/h1-5,7-8,10-11,13H,6,9,12H2. The molecule has 3 aromatic rings. The Kier molecular flexibility index (Phi) is 3.88. The SMILES string of the molecule is S=c1cnc2ccccc2n1CCCc1ccccc1. The van der Waals surface area contributed by atoms with Crippen LogP contribution in [0.15, 0.2) is 60.8 Å². The van der Waals surface area contributed by atoms with Crippen molar-refractivity contribution < 1.29 is 0 Å². The van der Waals surface area contributed by atoms with Crippen molar-refractivity contribution in [2.45, 2.75) is 19.4 Å². The lowest BCUT2D eigenvalue weighted by molar-refractivity contribution is 0.649. The third kappa shape index (κ3) is 2.78. The van der Waals surface area contributed by atoms with Crippen LogP contribution in [0.25, 0.3) is 11.0 Å². The number of aromatic nitrogens is 2. The second-order valence-corrected chi connectivity index (χ2v) is 5.24. The van der Waals surface area contributed by atoms with Gasteiger partial charge >= 0.3 is 0 Å². The number of para-hydroxylation sites is 2. The lowest BCUT2D eigenvalue weighted by atomic mass is 10.1. The van der Waals surface area contributed by atoms with E-state index in [1.807, 2.05) is 18.2 Å². The number of nitrogens with zero attached hydrogens (tertiary/aromatic N) is 2. The highest BCUT2D eigenvalue weighted by molar-refractivity contribution is 7.71. The lowest BCUT2D eigenvalue weighted by Gasteiger charge is -2.10. The van der Waals surface area contributed by atoms with Gasteiger partial charge in [-0.2, -0.15) is 0 Å². The molecule has 0 aliphatic carbocycles. The van der Waals surface area contributed by atoms with Crippen molar-refractivity contribution in [3.63, 3.8) is 0 Å². The first-order valence-corrected chi connectivity index (χ1v) is 7.24. The molecule has 3 heteroatoms. The predicted molar refractivity (Wildman–Crippen MR) is 85.3 cm³/mol. The zero-order valence-corrected chi connectivity index (χ0v) is 12.0. The number of aryl methyl sites for hydroxylation is 2. The number of fused-ring (bicyclic) bond motifs is 1. The lowest BCUT2D eigenvalue weighted by Crippen LogP contribution is -2.04. The van der Waals surface area contributed by atoms with E-state index < -0.39 is 0 Å². The van der Waals surface area contributed by atoms with Gasteiger partial charge in [-0.15, -0.1) is 0 Å². The summed E-state index contributed by atoms with van der Waals surface area (Å²) in [5, 5.41) is 0. The number of hydrogen-bond acceptors (Lipinski definition) is 2. The summed E-state index contributed by atoms with van der Waals surface area (Å²) in [6, 6.07) is 18.7. The highest BCUT2D eigenvalue weighted by Gasteiger charge is 2.01. The Morgan fingerprint density at radius 1 is 0.950 bits per heavy atom. The average Bonchev–Trinajstić information content (AvgIpc) is 2.50. The van der Waals surface area contributed by atoms with Crippen LogP contribution < -0.4 is 0 Å². The molecule has 20 heavy (non-hydrogen) atoms. The molecule has 0 N–H and O–H groups in total. The zero-order valence-electron chi connectivity index (χ0n) is 11.2. The summed E-state index contributed by atoms with van der Waals surface area (Å²) >= 11 is 5.41. The maximum absolute atomic E-state index is 5.41. The van der Waals surface area contributed by atoms with Crippen molar-refractivity contribution in [1.82, 2.24) is 9.55 Å². The highest BCUT2D eigenvalue weighted by Crippen LogP contribution is 2.13. The molecule has 0 atom stereocenters. The Labute approximate surface area is 123 Å². The van der Waals surface area contributed by atoms with Crippen molar-refractivity contribution in [2.75, 3.05) is 0 Å². The summed E-state index contributed by atoms with van der Waals surface area (Å²) < 4.78 is 2.98. The van der Waals surface area contributed by atoms with Gasteiger partial charge in [0.2, 0.25) is 0 Å². The van der Waals surface area contributed by atoms with Crippen molar-refractivity contribution in [1.29, 1.82) is 0 Å². The molecule has 0 saturated heterocycles. The second-order valence-electron chi connectivity index (χ2n) is 4.83. The van der Waals surface area contributed by atoms with Crippen LogP contribution >= 0.6 is 12.2 Å². The van der Waals surface area contributed by atoms with Gasteiger partial charge in [0, 0.05) is 6.54 Å². The van der Waals surface area contributed by atoms with Gasteiger partial charge in [-0.3, -0.25) is 4.98 Å². The zero-order chi connectivity index (χ0) is 13.8. The van der Waals surface area contributed by atoms with Crippen molar-refractivity contribution in [3.05, 3.63) is 71.0 Å². The van der Waals surface area contributed by atoms with E-state index in [2.05, 4.69) is 45.9 Å². The third-order valence-corrected chi connectivity index (χ3v) is 3.77. The Hall–Kier alpha value is -2.00. The van der Waals surface area contributed by atoms with Crippen molar-refractivity contribution >= 4 is 23.3 Å². The summed E-state index contributed by atoms with van der Waals surface area (Å²) in [5.41, 5.74) is 3.49. The van der Waals surface area contributed by atoms with E-state index in [1.165, 1.54) is 5.56 Å². The molecule has 1 aromatic heterocycles. The molecule has 0 aliphatic rings. The molecule has 0 bridgehead atoms. The fourth-order valence-corrected chi connectivity index (χ4v) is 2.67. The Morgan fingerprint density at radius 3 is 2.55 bits per heavy atom. The van der Waals surface area contributed by atoms with E-state index >= 15 is 0 Å². The minimum absolute atomic E-state index is 0.803. The van der Waals surface area contributed by atoms with Crippen LogP contribution in [0.3, 0.4) is 0 Å². The first kappa shape index (κ1) is 13.0. The van der Waals surface area contributed by atoms with E-state index in [9.17, 15) is 0 Å². The maximum atomic E-state index is 5.41. The summed E-state index contributed by atoms with van der Waals surface area (Å²) in [7, 11) is 0. The van der Waals surface area contributed by atoms with Crippen LogP contribution in [0.4, 0.5) is 0 Å². The van der Waals surface area contributed by atoms with Crippen molar-refractivity contribution in [2.24, 2.45) is 0 Å². The van der Waals surface area contributed by atoms with E-state index in [4.69, 9.17) is 12.2 Å². The van der Waals surface area contributed by atoms with Crippen LogP contribution in [0, 0.1) is 4.64 Å². The van der Waals surface area contributed by atoms with Gasteiger partial charge in [-0.25, -0.2) is 0 Å². The third-order valence-electron chi connectivity index (χ3n) is 3.44. The molecule has 1 heterocycles. The average molecular weight is 280 g/mol. The molecule has 3 rings (SSSR count). The number of benzene rings is 2. The van der Waals surface area contributed by atoms with Gasteiger partial charge in [0.25, 0.3) is 0 Å². The van der Waals surface area contributed by atoms with E-state index in [-0.39, 0.29) is 0 Å². The fraction of sp³-hybridized carbons (Fsp3) is 0.176. The normalized spacial score (nSPS) is 10.8. The summed E-state index contributed by atoms with van der Waals surface area (Å²) in [6.45, 7) is 0.927. The monoisotopic (exact) mass is 280 g/mol. The van der Waals surface area contributed by atoms with Gasteiger partial charge < -0.3 is 4.57 Å². The molecule has 0 amide bonds. The minimum Gasteiger partial charge on any atom is -0.330 e. The molecule has 100 valence electrons. The molecule has 0 aliphatic heterocycles. The first-order chi connectivity index (χ1) is 9.84. The molecular formula is C17H16N2S. The molecule has 0 saturated carbocycles. The molecule has 0 unspecified atom stereocenters. The van der Waals surface area contributed by atoms with E-state index in [0.29, 0.717) is 0 Å². The highest BCUT2D eigenvalue weighted by atomic mass is 32.1. The van der Waals surface area contributed by atoms with Crippen LogP contribution in [0.2, 0.25) is 0 Å². The predicted octanol–water partition coefficient (Wildman–Crippen LogP) is 4.40. The molecular weight excluding hydrogens is 264 g/mol. The smallest absolute Gasteiger partial charge is 0.124 e. The quantitative estimate of drug-likeness (QED) is 0.659. The molecule has 0 spiro atoms. The molecule has 2 aromatic carbocycles. The van der Waals surface area contributed by atoms with Crippen LogP contribution in [0.1, 0.15) is 12.0 Å². The second kappa shape index (κ2) is 5.97. The van der Waals surface area contributed by atoms with Gasteiger partial charge in [0.15, 0.2) is 0 Å². The van der Waals surface area contributed by atoms with Crippen LogP contribution in [-0.2, 0) is 13.0 Å². The maximum Gasteiger partial charge on any atom is 0.124 e. The Balaban J connectivity index is 1.81. The molecule has 0 radical (unpaired) electrons.